The van der Waals surface area contributed by atoms with E-state index in [1.54, 1.807) is 16.4 Å². The molecule has 0 N–H and O–H groups in total. The maximum atomic E-state index is 13.0. The zero-order chi connectivity index (χ0) is 16.4. The van der Waals surface area contributed by atoms with E-state index in [1.165, 1.54) is 5.56 Å². The van der Waals surface area contributed by atoms with E-state index in [-0.39, 0.29) is 6.04 Å². The van der Waals surface area contributed by atoms with Crippen LogP contribution in [0.15, 0.2) is 29.2 Å². The second-order valence-corrected chi connectivity index (χ2v) is 8.80. The summed E-state index contributed by atoms with van der Waals surface area (Å²) in [4.78, 5) is 0.426. The molecule has 1 saturated heterocycles. The fourth-order valence-corrected chi connectivity index (χ4v) is 4.89. The van der Waals surface area contributed by atoms with Crippen molar-refractivity contribution in [3.63, 3.8) is 0 Å². The first-order valence-corrected chi connectivity index (χ1v) is 10.2. The van der Waals surface area contributed by atoms with E-state index in [1.807, 2.05) is 12.1 Å². The Morgan fingerprint density at radius 3 is 2.43 bits per heavy atom. The third-order valence-corrected chi connectivity index (χ3v) is 7.02. The smallest absolute Gasteiger partial charge is 0.243 e. The zero-order valence-corrected chi connectivity index (χ0v) is 14.9. The molecule has 1 saturated carbocycles. The number of sulfonamides is 1. The van der Waals surface area contributed by atoms with Gasteiger partial charge in [-0.25, -0.2) is 8.42 Å². The molecular formula is C18H27NO3S. The van der Waals surface area contributed by atoms with Gasteiger partial charge in [-0.3, -0.25) is 0 Å². The Kier molecular flexibility index (Phi) is 5.09. The lowest BCUT2D eigenvalue weighted by molar-refractivity contribution is 0.180. The molecule has 5 heteroatoms. The molecule has 0 aromatic heterocycles. The first-order valence-electron chi connectivity index (χ1n) is 8.72. The molecule has 128 valence electrons. The van der Waals surface area contributed by atoms with Crippen molar-refractivity contribution in [2.75, 3.05) is 19.8 Å². The Balaban J connectivity index is 1.80. The monoisotopic (exact) mass is 337 g/mol. The van der Waals surface area contributed by atoms with E-state index in [0.717, 1.165) is 32.3 Å². The molecule has 4 nitrogen and oxygen atoms in total. The fourth-order valence-electron chi connectivity index (χ4n) is 3.13. The second kappa shape index (κ2) is 6.91. The Morgan fingerprint density at radius 2 is 1.91 bits per heavy atom. The molecule has 1 aromatic carbocycles. The van der Waals surface area contributed by atoms with Gasteiger partial charge < -0.3 is 4.74 Å². The van der Waals surface area contributed by atoms with Gasteiger partial charge in [0.25, 0.3) is 0 Å². The minimum Gasteiger partial charge on any atom is -0.381 e. The van der Waals surface area contributed by atoms with Crippen LogP contribution in [-0.4, -0.2) is 38.5 Å². The lowest BCUT2D eigenvalue weighted by atomic mass is 9.99. The Morgan fingerprint density at radius 1 is 1.22 bits per heavy atom. The van der Waals surface area contributed by atoms with Crippen LogP contribution in [0, 0.1) is 5.92 Å². The first-order chi connectivity index (χ1) is 11.0. The zero-order valence-electron chi connectivity index (χ0n) is 14.1. The molecule has 2 fully saturated rings. The molecule has 1 heterocycles. The van der Waals surface area contributed by atoms with Crippen LogP contribution in [0.2, 0.25) is 0 Å². The Labute approximate surface area is 139 Å². The van der Waals surface area contributed by atoms with E-state index in [4.69, 9.17) is 4.74 Å². The quantitative estimate of drug-likeness (QED) is 0.766. The average Bonchev–Trinajstić information content (AvgIpc) is 3.27. The van der Waals surface area contributed by atoms with Gasteiger partial charge in [-0.1, -0.05) is 26.0 Å². The molecule has 0 spiro atoms. The van der Waals surface area contributed by atoms with Crippen molar-refractivity contribution in [3.05, 3.63) is 29.8 Å². The van der Waals surface area contributed by atoms with Crippen LogP contribution in [0.25, 0.3) is 0 Å². The normalized spacial score (nSPS) is 23.3. The van der Waals surface area contributed by atoms with Gasteiger partial charge in [-0.15, -0.1) is 0 Å². The molecule has 0 radical (unpaired) electrons. The van der Waals surface area contributed by atoms with Crippen molar-refractivity contribution in [1.29, 1.82) is 0 Å². The number of hydrogen-bond donors (Lipinski definition) is 0. The van der Waals surface area contributed by atoms with Gasteiger partial charge in [0.1, 0.15) is 0 Å². The minimum absolute atomic E-state index is 0.190. The molecule has 2 atom stereocenters. The van der Waals surface area contributed by atoms with Gasteiger partial charge in [0, 0.05) is 19.2 Å². The number of ether oxygens (including phenoxy) is 1. The van der Waals surface area contributed by atoms with Gasteiger partial charge in [0.2, 0.25) is 10.0 Å². The molecule has 0 amide bonds. The summed E-state index contributed by atoms with van der Waals surface area (Å²) < 4.78 is 33.2. The third kappa shape index (κ3) is 3.78. The number of nitrogens with zero attached hydrogens (tertiary/aromatic N) is 1. The number of hydrogen-bond acceptors (Lipinski definition) is 3. The lowest BCUT2D eigenvalue weighted by Crippen LogP contribution is -2.37. The highest BCUT2D eigenvalue weighted by atomic mass is 32.2. The van der Waals surface area contributed by atoms with Gasteiger partial charge in [-0.2, -0.15) is 4.31 Å². The summed E-state index contributed by atoms with van der Waals surface area (Å²) in [6, 6.07) is 7.67. The van der Waals surface area contributed by atoms with Crippen LogP contribution in [0.3, 0.4) is 0 Å². The average molecular weight is 337 g/mol. The van der Waals surface area contributed by atoms with Crippen LogP contribution < -0.4 is 0 Å². The Bertz CT molecular complexity index is 616. The summed E-state index contributed by atoms with van der Waals surface area (Å²) in [6.45, 7) is 6.35. The standard InChI is InChI=1S/C18H27NO3S/c1-3-14(2)16-4-8-18(9-5-16)23(20,21)19(17-6-7-17)12-15-10-11-22-13-15/h4-5,8-9,14-15,17H,3,6-7,10-13H2,1-2H3. The van der Waals surface area contributed by atoms with E-state index in [9.17, 15) is 8.42 Å². The van der Waals surface area contributed by atoms with Crippen molar-refractivity contribution >= 4 is 10.0 Å². The maximum absolute atomic E-state index is 13.0. The van der Waals surface area contributed by atoms with Crippen molar-refractivity contribution in [2.45, 2.75) is 56.4 Å². The fraction of sp³-hybridized carbons (Fsp3) is 0.667. The molecule has 0 bridgehead atoms. The highest BCUT2D eigenvalue weighted by Crippen LogP contribution is 2.34. The summed E-state index contributed by atoms with van der Waals surface area (Å²) in [5, 5.41) is 0. The molecule has 2 unspecified atom stereocenters. The molecule has 23 heavy (non-hydrogen) atoms. The van der Waals surface area contributed by atoms with Crippen LogP contribution in [0.5, 0.6) is 0 Å². The molecule has 1 aliphatic heterocycles. The van der Waals surface area contributed by atoms with Crippen molar-refractivity contribution in [1.82, 2.24) is 4.31 Å². The summed E-state index contributed by atoms with van der Waals surface area (Å²) in [6.07, 6.45) is 3.99. The highest BCUT2D eigenvalue weighted by Gasteiger charge is 2.39. The van der Waals surface area contributed by atoms with E-state index < -0.39 is 10.0 Å². The number of benzene rings is 1. The maximum Gasteiger partial charge on any atom is 0.243 e. The SMILES string of the molecule is CCC(C)c1ccc(S(=O)(=O)N(CC2CCOC2)C2CC2)cc1. The largest absolute Gasteiger partial charge is 0.381 e. The molecule has 2 aliphatic rings. The van der Waals surface area contributed by atoms with Crippen molar-refractivity contribution in [3.8, 4) is 0 Å². The van der Waals surface area contributed by atoms with Gasteiger partial charge in [-0.05, 0) is 55.2 Å². The van der Waals surface area contributed by atoms with Crippen LogP contribution in [-0.2, 0) is 14.8 Å². The van der Waals surface area contributed by atoms with Crippen molar-refractivity contribution in [2.24, 2.45) is 5.92 Å². The van der Waals surface area contributed by atoms with Crippen LogP contribution >= 0.6 is 0 Å². The predicted molar refractivity (Wildman–Crippen MR) is 91.0 cm³/mol. The topological polar surface area (TPSA) is 46.6 Å². The van der Waals surface area contributed by atoms with Crippen LogP contribution in [0.4, 0.5) is 0 Å². The summed E-state index contributed by atoms with van der Waals surface area (Å²) in [7, 11) is -3.40. The summed E-state index contributed by atoms with van der Waals surface area (Å²) >= 11 is 0. The van der Waals surface area contributed by atoms with E-state index in [0.29, 0.717) is 29.9 Å². The van der Waals surface area contributed by atoms with Gasteiger partial charge in [0.15, 0.2) is 0 Å². The lowest BCUT2D eigenvalue weighted by Gasteiger charge is -2.24. The van der Waals surface area contributed by atoms with Crippen molar-refractivity contribution < 1.29 is 13.2 Å². The first kappa shape index (κ1) is 16.9. The van der Waals surface area contributed by atoms with E-state index >= 15 is 0 Å². The summed E-state index contributed by atoms with van der Waals surface area (Å²) in [5.74, 6) is 0.798. The third-order valence-electron chi connectivity index (χ3n) is 5.08. The van der Waals surface area contributed by atoms with E-state index in [2.05, 4.69) is 13.8 Å². The second-order valence-electron chi connectivity index (χ2n) is 6.91. The molecule has 3 rings (SSSR count). The molecule has 1 aromatic rings. The minimum atomic E-state index is -3.40. The predicted octanol–water partition coefficient (Wildman–Crippen LogP) is 3.39. The number of rotatable bonds is 7. The Hall–Kier alpha value is -0.910. The van der Waals surface area contributed by atoms with Crippen LogP contribution in [0.1, 0.15) is 51.0 Å². The summed E-state index contributed by atoms with van der Waals surface area (Å²) in [5.41, 5.74) is 1.20. The molecular weight excluding hydrogens is 310 g/mol. The van der Waals surface area contributed by atoms with Gasteiger partial charge in [0.05, 0.1) is 11.5 Å². The molecule has 1 aliphatic carbocycles. The van der Waals surface area contributed by atoms with Gasteiger partial charge >= 0.3 is 0 Å². The highest BCUT2D eigenvalue weighted by molar-refractivity contribution is 7.89.